The standard InChI is InChI=1S/C18H15FO2.C3H8/c1-4-9-15-16(13-10-7-6-8-11-13)17(20)14(5-2)18(21-15)12(3)19;1-3-2/h4-11H,2-3H2,1H3;3H2,1-2H3/b9-4-;. The van der Waals surface area contributed by atoms with E-state index in [9.17, 15) is 9.18 Å². The average Bonchev–Trinajstić information content (AvgIpc) is 2.56. The summed E-state index contributed by atoms with van der Waals surface area (Å²) < 4.78 is 19.1. The van der Waals surface area contributed by atoms with E-state index in [1.54, 1.807) is 31.2 Å². The minimum atomic E-state index is -0.799. The first kappa shape index (κ1) is 19.4. The molecule has 1 heterocycles. The summed E-state index contributed by atoms with van der Waals surface area (Å²) >= 11 is 0. The van der Waals surface area contributed by atoms with Gasteiger partial charge in [-0.25, -0.2) is 4.39 Å². The van der Waals surface area contributed by atoms with Crippen molar-refractivity contribution in [1.29, 1.82) is 0 Å². The van der Waals surface area contributed by atoms with Crippen molar-refractivity contribution in [3.05, 3.63) is 76.9 Å². The van der Waals surface area contributed by atoms with Crippen molar-refractivity contribution in [2.45, 2.75) is 27.2 Å². The second-order valence-electron chi connectivity index (χ2n) is 5.10. The number of benzene rings is 1. The van der Waals surface area contributed by atoms with Crippen LogP contribution >= 0.6 is 0 Å². The molecular weight excluding hydrogens is 303 g/mol. The topological polar surface area (TPSA) is 30.2 Å². The Morgan fingerprint density at radius 3 is 2.29 bits per heavy atom. The molecule has 0 aliphatic heterocycles. The lowest BCUT2D eigenvalue weighted by Gasteiger charge is -2.10. The van der Waals surface area contributed by atoms with Gasteiger partial charge in [0, 0.05) is 0 Å². The van der Waals surface area contributed by atoms with Crippen LogP contribution in [0.2, 0.25) is 0 Å². The second-order valence-corrected chi connectivity index (χ2v) is 5.10. The lowest BCUT2D eigenvalue weighted by atomic mass is 10.0. The molecule has 1 aromatic heterocycles. The molecule has 2 nitrogen and oxygen atoms in total. The lowest BCUT2D eigenvalue weighted by Crippen LogP contribution is -2.12. The molecule has 0 aliphatic rings. The smallest absolute Gasteiger partial charge is 0.201 e. The third-order valence-electron chi connectivity index (χ3n) is 3.01. The Balaban J connectivity index is 0.000000891. The highest BCUT2D eigenvalue weighted by Gasteiger charge is 2.19. The van der Waals surface area contributed by atoms with Gasteiger partial charge in [0.2, 0.25) is 5.43 Å². The highest BCUT2D eigenvalue weighted by atomic mass is 19.1. The minimum Gasteiger partial charge on any atom is -0.453 e. The van der Waals surface area contributed by atoms with E-state index >= 15 is 0 Å². The van der Waals surface area contributed by atoms with Crippen molar-refractivity contribution in [3.8, 4) is 11.1 Å². The van der Waals surface area contributed by atoms with E-state index in [1.807, 2.05) is 18.2 Å². The van der Waals surface area contributed by atoms with Gasteiger partial charge in [0.1, 0.15) is 5.76 Å². The van der Waals surface area contributed by atoms with E-state index in [1.165, 1.54) is 12.5 Å². The van der Waals surface area contributed by atoms with Gasteiger partial charge in [0.15, 0.2) is 11.6 Å². The van der Waals surface area contributed by atoms with Crippen LogP contribution in [0.5, 0.6) is 0 Å². The SMILES string of the molecule is C=Cc1c(C(=C)F)oc(/C=C\C)c(-c2ccccc2)c1=O.CCC. The van der Waals surface area contributed by atoms with Crippen LogP contribution in [-0.4, -0.2) is 0 Å². The number of hydrogen-bond donors (Lipinski definition) is 0. The van der Waals surface area contributed by atoms with Gasteiger partial charge in [-0.1, -0.05) is 75.9 Å². The monoisotopic (exact) mass is 326 g/mol. The highest BCUT2D eigenvalue weighted by molar-refractivity contribution is 5.77. The van der Waals surface area contributed by atoms with E-state index in [2.05, 4.69) is 27.0 Å². The number of allylic oxidation sites excluding steroid dienone is 1. The van der Waals surface area contributed by atoms with Crippen LogP contribution in [0.15, 0.2) is 58.8 Å². The molecule has 0 radical (unpaired) electrons. The van der Waals surface area contributed by atoms with Gasteiger partial charge in [-0.05, 0) is 18.6 Å². The Bertz CT molecular complexity index is 783. The Hall–Kier alpha value is -2.68. The first-order valence-electron chi connectivity index (χ1n) is 7.88. The van der Waals surface area contributed by atoms with Crippen molar-refractivity contribution in [3.63, 3.8) is 0 Å². The van der Waals surface area contributed by atoms with Crippen molar-refractivity contribution >= 4 is 18.0 Å². The molecule has 2 aromatic rings. The van der Waals surface area contributed by atoms with Crippen molar-refractivity contribution in [1.82, 2.24) is 0 Å². The third kappa shape index (κ3) is 4.42. The Morgan fingerprint density at radius 2 is 1.83 bits per heavy atom. The van der Waals surface area contributed by atoms with Crippen LogP contribution in [0.25, 0.3) is 29.1 Å². The van der Waals surface area contributed by atoms with E-state index in [0.29, 0.717) is 16.9 Å². The van der Waals surface area contributed by atoms with E-state index in [4.69, 9.17) is 4.42 Å². The molecule has 1 aromatic carbocycles. The van der Waals surface area contributed by atoms with Gasteiger partial charge < -0.3 is 4.42 Å². The lowest BCUT2D eigenvalue weighted by molar-refractivity contribution is 0.506. The summed E-state index contributed by atoms with van der Waals surface area (Å²) in [4.78, 5) is 12.6. The van der Waals surface area contributed by atoms with Gasteiger partial charge in [-0.15, -0.1) is 0 Å². The molecule has 0 spiro atoms. The van der Waals surface area contributed by atoms with Gasteiger partial charge >= 0.3 is 0 Å². The van der Waals surface area contributed by atoms with Crippen LogP contribution in [0, 0.1) is 0 Å². The van der Waals surface area contributed by atoms with Crippen LogP contribution in [0.1, 0.15) is 44.3 Å². The average molecular weight is 326 g/mol. The van der Waals surface area contributed by atoms with E-state index < -0.39 is 5.83 Å². The summed E-state index contributed by atoms with van der Waals surface area (Å²) in [7, 11) is 0. The van der Waals surface area contributed by atoms with E-state index in [-0.39, 0.29) is 16.8 Å². The summed E-state index contributed by atoms with van der Waals surface area (Å²) in [6.07, 6.45) is 5.89. The summed E-state index contributed by atoms with van der Waals surface area (Å²) in [5.41, 5.74) is 0.839. The molecule has 126 valence electrons. The fraction of sp³-hybridized carbons (Fsp3) is 0.190. The quantitative estimate of drug-likeness (QED) is 0.656. The Labute approximate surface area is 142 Å². The zero-order chi connectivity index (χ0) is 18.1. The summed E-state index contributed by atoms with van der Waals surface area (Å²) in [5.74, 6) is -0.678. The predicted molar refractivity (Wildman–Crippen MR) is 101 cm³/mol. The minimum absolute atomic E-state index is 0.0783. The molecule has 24 heavy (non-hydrogen) atoms. The van der Waals surface area contributed by atoms with Crippen LogP contribution in [0.3, 0.4) is 0 Å². The molecule has 0 saturated carbocycles. The largest absolute Gasteiger partial charge is 0.453 e. The second kappa shape index (κ2) is 9.46. The maximum atomic E-state index is 13.5. The molecule has 0 aliphatic carbocycles. The zero-order valence-corrected chi connectivity index (χ0v) is 14.4. The summed E-state index contributed by atoms with van der Waals surface area (Å²) in [6.45, 7) is 12.8. The van der Waals surface area contributed by atoms with Gasteiger partial charge in [0.25, 0.3) is 0 Å². The molecule has 0 saturated heterocycles. The molecule has 0 N–H and O–H groups in total. The molecule has 2 rings (SSSR count). The van der Waals surface area contributed by atoms with Crippen molar-refractivity contribution < 1.29 is 8.81 Å². The highest BCUT2D eigenvalue weighted by Crippen LogP contribution is 2.27. The van der Waals surface area contributed by atoms with Crippen molar-refractivity contribution in [2.75, 3.05) is 0 Å². The molecule has 3 heteroatoms. The molecule has 0 bridgehead atoms. The first-order valence-corrected chi connectivity index (χ1v) is 7.88. The van der Waals surface area contributed by atoms with Gasteiger partial charge in [0.05, 0.1) is 11.1 Å². The van der Waals surface area contributed by atoms with Crippen molar-refractivity contribution in [2.24, 2.45) is 0 Å². The van der Waals surface area contributed by atoms with Crippen LogP contribution in [-0.2, 0) is 0 Å². The number of hydrogen-bond acceptors (Lipinski definition) is 2. The number of rotatable bonds is 4. The molecule has 0 amide bonds. The summed E-state index contributed by atoms with van der Waals surface area (Å²) in [5, 5.41) is 0. The molecule has 0 atom stereocenters. The number of halogens is 1. The van der Waals surface area contributed by atoms with Gasteiger partial charge in [-0.3, -0.25) is 4.79 Å². The fourth-order valence-electron chi connectivity index (χ4n) is 2.10. The molecule has 0 fully saturated rings. The van der Waals surface area contributed by atoms with Gasteiger partial charge in [-0.2, -0.15) is 0 Å². The molecular formula is C21H23FO2. The predicted octanol–water partition coefficient (Wildman–Crippen LogP) is 6.34. The normalized spacial score (nSPS) is 10.2. The Morgan fingerprint density at radius 1 is 1.25 bits per heavy atom. The van der Waals surface area contributed by atoms with E-state index in [0.717, 1.165) is 0 Å². The first-order chi connectivity index (χ1) is 11.5. The van der Waals surface area contributed by atoms with Crippen LogP contribution < -0.4 is 5.43 Å². The maximum Gasteiger partial charge on any atom is 0.201 e. The van der Waals surface area contributed by atoms with Crippen LogP contribution in [0.4, 0.5) is 4.39 Å². The molecule has 0 unspecified atom stereocenters. The third-order valence-corrected chi connectivity index (χ3v) is 3.01. The zero-order valence-electron chi connectivity index (χ0n) is 14.4. The Kier molecular flexibility index (Phi) is 7.63. The maximum absolute atomic E-state index is 13.5. The fourth-order valence-corrected chi connectivity index (χ4v) is 2.10. The summed E-state index contributed by atoms with van der Waals surface area (Å²) in [6, 6.07) is 9.10.